The van der Waals surface area contributed by atoms with Crippen molar-refractivity contribution in [3.8, 4) is 0 Å². The first-order valence-corrected chi connectivity index (χ1v) is 5.03. The molecule has 0 bridgehead atoms. The van der Waals surface area contributed by atoms with E-state index in [9.17, 15) is 17.6 Å². The average Bonchev–Trinajstić information content (AvgIpc) is 2.17. The Hall–Kier alpha value is -1.06. The molecule has 0 amide bonds. The second-order valence-electron chi connectivity index (χ2n) is 3.64. The lowest BCUT2D eigenvalue weighted by atomic mass is 10.0. The van der Waals surface area contributed by atoms with Crippen LogP contribution in [0, 0.1) is 6.92 Å². The van der Waals surface area contributed by atoms with Crippen molar-refractivity contribution in [2.24, 2.45) is 0 Å². The third-order valence-corrected chi connectivity index (χ3v) is 2.23. The van der Waals surface area contributed by atoms with Gasteiger partial charge in [-0.3, -0.25) is 0 Å². The molecular formula is C12H13F4. The second-order valence-corrected chi connectivity index (χ2v) is 3.64. The summed E-state index contributed by atoms with van der Waals surface area (Å²) in [6.07, 6.45) is -4.76. The molecule has 0 aliphatic rings. The minimum absolute atomic E-state index is 0.0133. The van der Waals surface area contributed by atoms with Crippen LogP contribution >= 0.6 is 0 Å². The van der Waals surface area contributed by atoms with Gasteiger partial charge in [0.25, 0.3) is 0 Å². The van der Waals surface area contributed by atoms with Crippen LogP contribution in [0.3, 0.4) is 0 Å². The number of benzene rings is 1. The van der Waals surface area contributed by atoms with Gasteiger partial charge in [-0.05, 0) is 18.1 Å². The summed E-state index contributed by atoms with van der Waals surface area (Å²) in [5, 5.41) is 0. The molecule has 1 unspecified atom stereocenters. The highest BCUT2D eigenvalue weighted by Gasteiger charge is 2.30. The maximum Gasteiger partial charge on any atom is 0.416 e. The molecule has 0 saturated carbocycles. The molecule has 1 aromatic carbocycles. The fourth-order valence-corrected chi connectivity index (χ4v) is 1.45. The topological polar surface area (TPSA) is 0 Å². The lowest BCUT2D eigenvalue weighted by molar-refractivity contribution is -0.137. The van der Waals surface area contributed by atoms with E-state index in [0.717, 1.165) is 12.1 Å². The third-order valence-electron chi connectivity index (χ3n) is 2.23. The van der Waals surface area contributed by atoms with Crippen molar-refractivity contribution in [3.05, 3.63) is 42.3 Å². The average molecular weight is 233 g/mol. The molecule has 0 aromatic heterocycles. The molecule has 0 aliphatic heterocycles. The summed E-state index contributed by atoms with van der Waals surface area (Å²) in [6.45, 7) is 3.50. The number of hydrogen-bond donors (Lipinski definition) is 0. The molecule has 1 rings (SSSR count). The standard InChI is InChI=1S/C12H13F4/c1-2-4-11(13)8-9-5-3-6-10(7-9)12(14,15)16/h3,5-7,11H,1-2,4,8H2. The van der Waals surface area contributed by atoms with Crippen LogP contribution in [0.4, 0.5) is 17.6 Å². The molecule has 0 heterocycles. The van der Waals surface area contributed by atoms with Crippen LogP contribution < -0.4 is 0 Å². The van der Waals surface area contributed by atoms with Crippen molar-refractivity contribution in [3.63, 3.8) is 0 Å². The summed E-state index contributed by atoms with van der Waals surface area (Å²) in [6, 6.07) is 4.79. The molecule has 0 N–H and O–H groups in total. The van der Waals surface area contributed by atoms with E-state index in [4.69, 9.17) is 0 Å². The summed E-state index contributed by atoms with van der Waals surface area (Å²) in [5.41, 5.74) is -0.359. The number of alkyl halides is 4. The number of halogens is 4. The van der Waals surface area contributed by atoms with Gasteiger partial charge >= 0.3 is 6.18 Å². The third kappa shape index (κ3) is 3.83. The van der Waals surface area contributed by atoms with Crippen LogP contribution in [-0.2, 0) is 12.6 Å². The predicted octanol–water partition coefficient (Wildman–Crippen LogP) is 4.20. The molecule has 0 saturated heterocycles. The van der Waals surface area contributed by atoms with E-state index in [1.165, 1.54) is 12.1 Å². The summed E-state index contributed by atoms with van der Waals surface area (Å²) in [5.74, 6) is 0. The molecule has 1 atom stereocenters. The van der Waals surface area contributed by atoms with Crippen molar-refractivity contribution < 1.29 is 17.6 Å². The highest BCUT2D eigenvalue weighted by molar-refractivity contribution is 5.26. The van der Waals surface area contributed by atoms with Crippen molar-refractivity contribution in [1.82, 2.24) is 0 Å². The summed E-state index contributed by atoms with van der Waals surface area (Å²) in [4.78, 5) is 0. The monoisotopic (exact) mass is 233 g/mol. The molecule has 4 heteroatoms. The van der Waals surface area contributed by atoms with E-state index in [2.05, 4.69) is 6.92 Å². The first-order chi connectivity index (χ1) is 7.43. The summed E-state index contributed by atoms with van der Waals surface area (Å²) < 4.78 is 50.2. The van der Waals surface area contributed by atoms with Gasteiger partial charge in [-0.1, -0.05) is 31.5 Å². The second kappa shape index (κ2) is 5.32. The molecule has 0 aliphatic carbocycles. The number of rotatable bonds is 4. The molecule has 0 nitrogen and oxygen atoms in total. The zero-order valence-electron chi connectivity index (χ0n) is 8.73. The lowest BCUT2D eigenvalue weighted by Gasteiger charge is -2.10. The summed E-state index contributed by atoms with van der Waals surface area (Å²) in [7, 11) is 0. The first-order valence-electron chi connectivity index (χ1n) is 5.03. The van der Waals surface area contributed by atoms with Crippen LogP contribution in [0.15, 0.2) is 24.3 Å². The van der Waals surface area contributed by atoms with Gasteiger partial charge in [0.1, 0.15) is 6.17 Å². The minimum atomic E-state index is -4.37. The van der Waals surface area contributed by atoms with Crippen LogP contribution in [-0.4, -0.2) is 6.17 Å². The smallest absolute Gasteiger partial charge is 0.247 e. The summed E-state index contributed by atoms with van der Waals surface area (Å²) >= 11 is 0. The van der Waals surface area contributed by atoms with Gasteiger partial charge in [0.15, 0.2) is 0 Å². The number of hydrogen-bond acceptors (Lipinski definition) is 0. The van der Waals surface area contributed by atoms with E-state index in [-0.39, 0.29) is 12.8 Å². The molecule has 0 spiro atoms. The fourth-order valence-electron chi connectivity index (χ4n) is 1.45. The Morgan fingerprint density at radius 1 is 1.25 bits per heavy atom. The Labute approximate surface area is 92.3 Å². The normalized spacial score (nSPS) is 13.8. The Morgan fingerprint density at radius 3 is 2.50 bits per heavy atom. The van der Waals surface area contributed by atoms with Gasteiger partial charge in [0.05, 0.1) is 5.56 Å². The molecule has 89 valence electrons. The van der Waals surface area contributed by atoms with Crippen LogP contribution in [0.25, 0.3) is 0 Å². The molecular weight excluding hydrogens is 220 g/mol. The van der Waals surface area contributed by atoms with Crippen molar-refractivity contribution >= 4 is 0 Å². The van der Waals surface area contributed by atoms with E-state index < -0.39 is 17.9 Å². The van der Waals surface area contributed by atoms with Gasteiger partial charge in [-0.15, -0.1) is 0 Å². The van der Waals surface area contributed by atoms with Gasteiger partial charge in [-0.2, -0.15) is 13.2 Å². The Kier molecular flexibility index (Phi) is 4.33. The predicted molar refractivity (Wildman–Crippen MR) is 54.6 cm³/mol. The van der Waals surface area contributed by atoms with E-state index in [1.807, 2.05) is 0 Å². The van der Waals surface area contributed by atoms with Gasteiger partial charge < -0.3 is 0 Å². The van der Waals surface area contributed by atoms with Gasteiger partial charge in [-0.25, -0.2) is 4.39 Å². The van der Waals surface area contributed by atoms with E-state index >= 15 is 0 Å². The van der Waals surface area contributed by atoms with Gasteiger partial charge in [0, 0.05) is 6.42 Å². The van der Waals surface area contributed by atoms with Crippen molar-refractivity contribution in [2.75, 3.05) is 0 Å². The Morgan fingerprint density at radius 2 is 1.94 bits per heavy atom. The largest absolute Gasteiger partial charge is 0.416 e. The maximum absolute atomic E-state index is 13.2. The highest BCUT2D eigenvalue weighted by Crippen LogP contribution is 2.29. The molecule has 0 fully saturated rings. The van der Waals surface area contributed by atoms with Crippen LogP contribution in [0.5, 0.6) is 0 Å². The highest BCUT2D eigenvalue weighted by atomic mass is 19.4. The van der Waals surface area contributed by atoms with E-state index in [1.54, 1.807) is 0 Å². The molecule has 1 aromatic rings. The van der Waals surface area contributed by atoms with Crippen molar-refractivity contribution in [1.29, 1.82) is 0 Å². The quantitative estimate of drug-likeness (QED) is 0.684. The maximum atomic E-state index is 13.2. The SMILES string of the molecule is [CH2]CCC(F)Cc1cccc(C(F)(F)F)c1. The van der Waals surface area contributed by atoms with Crippen molar-refractivity contribution in [2.45, 2.75) is 31.6 Å². The Balaban J connectivity index is 2.75. The zero-order chi connectivity index (χ0) is 12.2. The minimum Gasteiger partial charge on any atom is -0.247 e. The van der Waals surface area contributed by atoms with Crippen LogP contribution in [0.2, 0.25) is 0 Å². The fraction of sp³-hybridized carbons (Fsp3) is 0.417. The van der Waals surface area contributed by atoms with Crippen LogP contribution in [0.1, 0.15) is 24.0 Å². The Bertz CT molecular complexity index is 330. The van der Waals surface area contributed by atoms with E-state index in [0.29, 0.717) is 12.0 Å². The zero-order valence-corrected chi connectivity index (χ0v) is 8.73. The first kappa shape index (κ1) is 13.0. The molecule has 16 heavy (non-hydrogen) atoms. The lowest BCUT2D eigenvalue weighted by Crippen LogP contribution is -2.08. The molecule has 1 radical (unpaired) electrons. The van der Waals surface area contributed by atoms with Gasteiger partial charge in [0.2, 0.25) is 0 Å².